The summed E-state index contributed by atoms with van der Waals surface area (Å²) in [5.74, 6) is -0.265. The highest BCUT2D eigenvalue weighted by Gasteiger charge is 2.23. The Hall–Kier alpha value is -2.72. The van der Waals surface area contributed by atoms with E-state index in [2.05, 4.69) is 15.0 Å². The molecule has 0 saturated carbocycles. The normalized spacial score (nSPS) is 13.9. The zero-order chi connectivity index (χ0) is 19.6. The van der Waals surface area contributed by atoms with Crippen molar-refractivity contribution in [3.05, 3.63) is 57.9 Å². The number of sulfonamides is 1. The summed E-state index contributed by atoms with van der Waals surface area (Å²) in [7, 11) is -3.96. The van der Waals surface area contributed by atoms with Gasteiger partial charge in [-0.15, -0.1) is 4.83 Å². The minimum atomic E-state index is -3.96. The fourth-order valence-electron chi connectivity index (χ4n) is 2.70. The van der Waals surface area contributed by atoms with E-state index in [-0.39, 0.29) is 22.6 Å². The molecule has 27 heavy (non-hydrogen) atoms. The van der Waals surface area contributed by atoms with E-state index in [0.717, 1.165) is 0 Å². The number of carbonyl (C=O) groups excluding carboxylic acids is 1. The molecule has 0 atom stereocenters. The van der Waals surface area contributed by atoms with Gasteiger partial charge in [0.1, 0.15) is 11.5 Å². The number of nitrogens with one attached hydrogen (secondary N) is 2. The van der Waals surface area contributed by atoms with E-state index >= 15 is 0 Å². The Balaban J connectivity index is 1.73. The van der Waals surface area contributed by atoms with Crippen LogP contribution in [0.3, 0.4) is 0 Å². The number of allylic oxidation sites excluding steroid dienone is 1. The van der Waals surface area contributed by atoms with Crippen LogP contribution in [0.5, 0.6) is 5.75 Å². The molecule has 1 aliphatic carbocycles. The number of rotatable bonds is 6. The van der Waals surface area contributed by atoms with Gasteiger partial charge in [-0.05, 0) is 55.2 Å². The molecule has 3 rings (SSSR count). The number of hydrazine groups is 1. The zero-order valence-electron chi connectivity index (χ0n) is 14.2. The number of carbonyl (C=O) groups is 1. The second-order valence-corrected chi connectivity index (χ2v) is 7.54. The first-order valence-corrected chi connectivity index (χ1v) is 9.39. The van der Waals surface area contributed by atoms with Crippen molar-refractivity contribution < 1.29 is 31.1 Å². The summed E-state index contributed by atoms with van der Waals surface area (Å²) in [4.78, 5) is 14.1. The average Bonchev–Trinajstić information content (AvgIpc) is 3.05. The maximum Gasteiger partial charge on any atom is 0.387 e. The fraction of sp³-hybridized carbons (Fsp3) is 0.235. The Morgan fingerprint density at radius 2 is 2.04 bits per heavy atom. The molecule has 0 aliphatic heterocycles. The third-order valence-corrected chi connectivity index (χ3v) is 5.43. The number of amides is 1. The van der Waals surface area contributed by atoms with E-state index in [4.69, 9.17) is 4.42 Å². The maximum atomic E-state index is 12.4. The molecule has 0 bridgehead atoms. The lowest BCUT2D eigenvalue weighted by molar-refractivity contribution is -0.0498. The molecule has 0 radical (unpaired) electrons. The molecule has 10 heteroatoms. The average molecular weight is 398 g/mol. The molecule has 2 aromatic rings. The minimum Gasteiger partial charge on any atom is -0.469 e. The van der Waals surface area contributed by atoms with Crippen LogP contribution < -0.4 is 15.0 Å². The Kier molecular flexibility index (Phi) is 5.29. The van der Waals surface area contributed by atoms with Crippen molar-refractivity contribution in [2.75, 3.05) is 0 Å². The number of hydrogen-bond donors (Lipinski definition) is 2. The molecule has 1 aliphatic rings. The summed E-state index contributed by atoms with van der Waals surface area (Å²) in [6.45, 7) is -1.35. The van der Waals surface area contributed by atoms with Crippen molar-refractivity contribution in [3.8, 4) is 5.75 Å². The number of hydrogen-bond acceptors (Lipinski definition) is 5. The minimum absolute atomic E-state index is 0.0179. The summed E-state index contributed by atoms with van der Waals surface area (Å²) in [6.07, 6.45) is 3.24. The summed E-state index contributed by atoms with van der Waals surface area (Å²) in [5, 5.41) is 0. The molecular weight excluding hydrogens is 382 g/mol. The van der Waals surface area contributed by atoms with Gasteiger partial charge in [0, 0.05) is 0 Å². The number of alkyl halides is 2. The van der Waals surface area contributed by atoms with Crippen LogP contribution in [0.15, 0.2) is 39.9 Å². The molecule has 144 valence electrons. The van der Waals surface area contributed by atoms with E-state index in [0.29, 0.717) is 23.3 Å². The van der Waals surface area contributed by atoms with Crippen molar-refractivity contribution in [1.29, 1.82) is 0 Å². The van der Waals surface area contributed by atoms with Gasteiger partial charge in [-0.25, -0.2) is 8.42 Å². The predicted octanol–water partition coefficient (Wildman–Crippen LogP) is 2.74. The zero-order valence-corrected chi connectivity index (χ0v) is 15.0. The SMILES string of the molecule is Cc1occc1C(=O)NNS(=O)(=O)C1=Cc2ccc(OC(F)F)cc2CC1. The standard InChI is InChI=1S/C17H16F2N2O5S/c1-10-15(6-7-25-10)16(22)20-21-27(23,24)14-5-3-11-8-13(26-17(18)19)4-2-12(11)9-14/h2,4,6-9,17,21H,3,5H2,1H3,(H,20,22). The van der Waals surface area contributed by atoms with Gasteiger partial charge in [0.05, 0.1) is 16.7 Å². The highest BCUT2D eigenvalue weighted by atomic mass is 32.2. The van der Waals surface area contributed by atoms with Crippen molar-refractivity contribution in [2.45, 2.75) is 26.4 Å². The quantitative estimate of drug-likeness (QED) is 0.730. The van der Waals surface area contributed by atoms with E-state index in [1.807, 2.05) is 0 Å². The lowest BCUT2D eigenvalue weighted by Gasteiger charge is -2.18. The van der Waals surface area contributed by atoms with Crippen molar-refractivity contribution >= 4 is 22.0 Å². The van der Waals surface area contributed by atoms with Crippen molar-refractivity contribution in [2.24, 2.45) is 0 Å². The van der Waals surface area contributed by atoms with Crippen LogP contribution in [-0.4, -0.2) is 20.9 Å². The third-order valence-electron chi connectivity index (χ3n) is 4.04. The summed E-state index contributed by atoms with van der Waals surface area (Å²) in [5.41, 5.74) is 3.63. The largest absolute Gasteiger partial charge is 0.469 e. The second kappa shape index (κ2) is 7.49. The van der Waals surface area contributed by atoms with Crippen LogP contribution in [0.1, 0.15) is 33.7 Å². The Bertz CT molecular complexity index is 999. The molecular formula is C17H16F2N2O5S. The van der Waals surface area contributed by atoms with Gasteiger partial charge < -0.3 is 9.15 Å². The molecule has 1 aromatic carbocycles. The van der Waals surface area contributed by atoms with E-state index < -0.39 is 22.5 Å². The number of fused-ring (bicyclic) bond motifs is 1. The van der Waals surface area contributed by atoms with Gasteiger partial charge in [-0.1, -0.05) is 6.07 Å². The topological polar surface area (TPSA) is 97.6 Å². The van der Waals surface area contributed by atoms with Gasteiger partial charge in [-0.2, -0.15) is 8.78 Å². The van der Waals surface area contributed by atoms with Crippen LogP contribution in [0.25, 0.3) is 6.08 Å². The Labute approximate surface area is 154 Å². The van der Waals surface area contributed by atoms with Crippen molar-refractivity contribution in [1.82, 2.24) is 10.3 Å². The molecule has 1 amide bonds. The highest BCUT2D eigenvalue weighted by molar-refractivity contribution is 7.93. The second-order valence-electron chi connectivity index (χ2n) is 5.80. The fourth-order valence-corrected chi connectivity index (χ4v) is 3.71. The lowest BCUT2D eigenvalue weighted by Crippen LogP contribution is -2.42. The van der Waals surface area contributed by atoms with Gasteiger partial charge in [0.25, 0.3) is 15.9 Å². The third kappa shape index (κ3) is 4.34. The molecule has 1 heterocycles. The van der Waals surface area contributed by atoms with Crippen LogP contribution in [0.2, 0.25) is 0 Å². The summed E-state index contributed by atoms with van der Waals surface area (Å²) >= 11 is 0. The number of halogens is 2. The van der Waals surface area contributed by atoms with Crippen molar-refractivity contribution in [3.63, 3.8) is 0 Å². The summed E-state index contributed by atoms with van der Waals surface area (Å²) in [6, 6.07) is 5.73. The van der Waals surface area contributed by atoms with Crippen LogP contribution in [0.4, 0.5) is 8.78 Å². The molecule has 0 saturated heterocycles. The van der Waals surface area contributed by atoms with Gasteiger partial charge in [0.15, 0.2) is 0 Å². The Morgan fingerprint density at radius 3 is 2.70 bits per heavy atom. The molecule has 0 unspecified atom stereocenters. The van der Waals surface area contributed by atoms with E-state index in [1.165, 1.54) is 36.6 Å². The highest BCUT2D eigenvalue weighted by Crippen LogP contribution is 2.29. The van der Waals surface area contributed by atoms with Crippen LogP contribution >= 0.6 is 0 Å². The molecule has 0 fully saturated rings. The van der Waals surface area contributed by atoms with Gasteiger partial charge >= 0.3 is 6.61 Å². The number of benzene rings is 1. The van der Waals surface area contributed by atoms with Gasteiger partial charge in [-0.3, -0.25) is 10.2 Å². The smallest absolute Gasteiger partial charge is 0.387 e. The van der Waals surface area contributed by atoms with Crippen LogP contribution in [0, 0.1) is 6.92 Å². The lowest BCUT2D eigenvalue weighted by atomic mass is 9.97. The maximum absolute atomic E-state index is 12.4. The number of furan rings is 1. The number of aryl methyl sites for hydroxylation is 2. The first-order valence-electron chi connectivity index (χ1n) is 7.91. The number of ether oxygens (including phenoxy) is 1. The molecule has 2 N–H and O–H groups in total. The monoisotopic (exact) mass is 398 g/mol. The predicted molar refractivity (Wildman–Crippen MR) is 92.3 cm³/mol. The van der Waals surface area contributed by atoms with E-state index in [1.54, 1.807) is 6.92 Å². The van der Waals surface area contributed by atoms with E-state index in [9.17, 15) is 22.0 Å². The Morgan fingerprint density at radius 1 is 1.26 bits per heavy atom. The first kappa shape index (κ1) is 19.1. The van der Waals surface area contributed by atoms with Gasteiger partial charge in [0.2, 0.25) is 0 Å². The summed E-state index contributed by atoms with van der Waals surface area (Å²) < 4.78 is 58.8. The first-order chi connectivity index (χ1) is 12.8. The van der Waals surface area contributed by atoms with Crippen LogP contribution in [-0.2, 0) is 16.4 Å². The molecule has 7 nitrogen and oxygen atoms in total. The molecule has 0 spiro atoms. The molecule has 1 aromatic heterocycles.